The molecule has 3 nitrogen and oxygen atoms in total. The van der Waals surface area contributed by atoms with Gasteiger partial charge in [-0.2, -0.15) is 0 Å². The van der Waals surface area contributed by atoms with E-state index in [1.54, 1.807) is 0 Å². The summed E-state index contributed by atoms with van der Waals surface area (Å²) in [4.78, 5) is 4.40. The van der Waals surface area contributed by atoms with Gasteiger partial charge < -0.3 is 9.88 Å². The second-order valence-corrected chi connectivity index (χ2v) is 6.03. The zero-order valence-corrected chi connectivity index (χ0v) is 13.9. The molecular weight excluding hydrogens is 373 g/mol. The highest BCUT2D eigenvalue weighted by Crippen LogP contribution is 2.26. The van der Waals surface area contributed by atoms with Gasteiger partial charge in [-0.3, -0.25) is 0 Å². The van der Waals surface area contributed by atoms with Crippen molar-refractivity contribution in [2.24, 2.45) is 7.05 Å². The molecule has 0 fully saturated rings. The predicted molar refractivity (Wildman–Crippen MR) is 87.5 cm³/mol. The Hall–Kier alpha value is -0.590. The quantitative estimate of drug-likeness (QED) is 0.792. The number of imidazole rings is 1. The minimum Gasteiger partial charge on any atom is -0.338 e. The van der Waals surface area contributed by atoms with Crippen LogP contribution in [0.4, 0.5) is 0 Å². The summed E-state index contributed by atoms with van der Waals surface area (Å²) < 4.78 is 3.28. The van der Waals surface area contributed by atoms with Crippen LogP contribution in [0, 0.1) is 3.57 Å². The van der Waals surface area contributed by atoms with E-state index in [-0.39, 0.29) is 6.04 Å². The third kappa shape index (κ3) is 3.70. The highest BCUT2D eigenvalue weighted by molar-refractivity contribution is 14.1. The number of nitrogens with one attached hydrogen (secondary N) is 1. The maximum absolute atomic E-state index is 6.12. The lowest BCUT2D eigenvalue weighted by Gasteiger charge is -2.20. The molecule has 2 aromatic rings. The first-order valence-electron chi connectivity index (χ1n) is 6.26. The second kappa shape index (κ2) is 6.72. The van der Waals surface area contributed by atoms with Gasteiger partial charge >= 0.3 is 0 Å². The molecule has 19 heavy (non-hydrogen) atoms. The van der Waals surface area contributed by atoms with Crippen molar-refractivity contribution in [3.05, 3.63) is 50.6 Å². The highest BCUT2D eigenvalue weighted by atomic mass is 127. The molecule has 0 saturated heterocycles. The van der Waals surface area contributed by atoms with Crippen LogP contribution >= 0.6 is 34.2 Å². The Bertz CT molecular complexity index is 553. The van der Waals surface area contributed by atoms with Crippen molar-refractivity contribution in [2.75, 3.05) is 6.54 Å². The fourth-order valence-electron chi connectivity index (χ4n) is 2.10. The lowest BCUT2D eigenvalue weighted by molar-refractivity contribution is 0.527. The fraction of sp³-hybridized carbons (Fsp3) is 0.357. The van der Waals surface area contributed by atoms with Crippen LogP contribution in [0.3, 0.4) is 0 Å². The molecule has 0 saturated carbocycles. The molecule has 1 N–H and O–H groups in total. The number of likely N-dealkylation sites (N-methyl/N-ethyl adjacent to an activating group) is 1. The van der Waals surface area contributed by atoms with Crippen LogP contribution in [0.2, 0.25) is 5.02 Å². The van der Waals surface area contributed by atoms with Gasteiger partial charge in [0.1, 0.15) is 5.82 Å². The summed E-state index contributed by atoms with van der Waals surface area (Å²) in [5.74, 6) is 1.07. The number of hydrogen-bond acceptors (Lipinski definition) is 2. The van der Waals surface area contributed by atoms with E-state index in [0.717, 1.165) is 23.8 Å². The molecule has 0 aliphatic rings. The van der Waals surface area contributed by atoms with Crippen LogP contribution < -0.4 is 5.32 Å². The first-order valence-corrected chi connectivity index (χ1v) is 7.72. The monoisotopic (exact) mass is 389 g/mol. The van der Waals surface area contributed by atoms with Crippen molar-refractivity contribution >= 4 is 34.2 Å². The molecule has 2 rings (SSSR count). The highest BCUT2D eigenvalue weighted by Gasteiger charge is 2.16. The van der Waals surface area contributed by atoms with E-state index in [4.69, 9.17) is 11.6 Å². The van der Waals surface area contributed by atoms with Crippen LogP contribution in [0.1, 0.15) is 24.4 Å². The summed E-state index contributed by atoms with van der Waals surface area (Å²) in [6, 6.07) is 6.26. The van der Waals surface area contributed by atoms with Crippen LogP contribution in [-0.4, -0.2) is 16.1 Å². The van der Waals surface area contributed by atoms with E-state index in [2.05, 4.69) is 50.4 Å². The Kier molecular flexibility index (Phi) is 5.24. The second-order valence-electron chi connectivity index (χ2n) is 4.43. The van der Waals surface area contributed by atoms with Crippen LogP contribution in [0.25, 0.3) is 0 Å². The van der Waals surface area contributed by atoms with Crippen molar-refractivity contribution in [2.45, 2.75) is 19.4 Å². The van der Waals surface area contributed by atoms with Gasteiger partial charge in [-0.1, -0.05) is 18.5 Å². The molecule has 0 spiro atoms. The first kappa shape index (κ1) is 14.8. The van der Waals surface area contributed by atoms with Gasteiger partial charge in [-0.05, 0) is 52.9 Å². The molecule has 0 bridgehead atoms. The van der Waals surface area contributed by atoms with E-state index >= 15 is 0 Å². The number of hydrogen-bond donors (Lipinski definition) is 1. The number of aromatic nitrogens is 2. The smallest absolute Gasteiger partial charge is 0.110 e. The molecule has 0 aliphatic carbocycles. The summed E-state index contributed by atoms with van der Waals surface area (Å²) >= 11 is 8.48. The lowest BCUT2D eigenvalue weighted by atomic mass is 10.0. The van der Waals surface area contributed by atoms with Crippen molar-refractivity contribution in [3.63, 3.8) is 0 Å². The number of aryl methyl sites for hydroxylation is 1. The third-order valence-corrected chi connectivity index (χ3v) is 4.31. The fourth-order valence-corrected chi connectivity index (χ4v) is 2.99. The molecule has 1 aromatic carbocycles. The van der Waals surface area contributed by atoms with Crippen molar-refractivity contribution < 1.29 is 0 Å². The Balaban J connectivity index is 2.29. The number of nitrogens with zero attached hydrogens (tertiary/aromatic N) is 2. The topological polar surface area (TPSA) is 29.9 Å². The van der Waals surface area contributed by atoms with Gasteiger partial charge in [0, 0.05) is 40.5 Å². The molecule has 5 heteroatoms. The predicted octanol–water partition coefficient (Wildman–Crippen LogP) is 3.57. The van der Waals surface area contributed by atoms with Gasteiger partial charge in [0.2, 0.25) is 0 Å². The Morgan fingerprint density at radius 2 is 2.26 bits per heavy atom. The average Bonchev–Trinajstić information content (AvgIpc) is 2.78. The summed E-state index contributed by atoms with van der Waals surface area (Å²) in [5, 5.41) is 4.29. The molecule has 1 heterocycles. The molecule has 1 atom stereocenters. The summed E-state index contributed by atoms with van der Waals surface area (Å²) in [6.07, 6.45) is 4.66. The van der Waals surface area contributed by atoms with Gasteiger partial charge in [0.05, 0.1) is 0 Å². The van der Waals surface area contributed by atoms with Crippen molar-refractivity contribution in [3.8, 4) is 0 Å². The summed E-state index contributed by atoms with van der Waals surface area (Å²) in [7, 11) is 2.02. The Labute approximate surface area is 132 Å². The largest absolute Gasteiger partial charge is 0.338 e. The lowest BCUT2D eigenvalue weighted by Crippen LogP contribution is -2.25. The first-order chi connectivity index (χ1) is 9.11. The number of halogens is 2. The van der Waals surface area contributed by atoms with E-state index in [1.165, 1.54) is 9.13 Å². The molecule has 1 unspecified atom stereocenters. The maximum Gasteiger partial charge on any atom is 0.110 e. The van der Waals surface area contributed by atoms with Crippen molar-refractivity contribution in [1.82, 2.24) is 14.9 Å². The molecule has 0 aliphatic heterocycles. The van der Waals surface area contributed by atoms with Crippen LogP contribution in [0.15, 0.2) is 30.6 Å². The van der Waals surface area contributed by atoms with Crippen molar-refractivity contribution in [1.29, 1.82) is 0 Å². The molecule has 0 amide bonds. The number of benzene rings is 1. The van der Waals surface area contributed by atoms with E-state index in [1.807, 2.05) is 31.6 Å². The molecule has 102 valence electrons. The van der Waals surface area contributed by atoms with Crippen LogP contribution in [0.5, 0.6) is 0 Å². The van der Waals surface area contributed by atoms with E-state index in [0.29, 0.717) is 0 Å². The SMILES string of the molecule is CCNC(Cc1nccn1C)c1cc(Cl)ccc1I. The summed E-state index contributed by atoms with van der Waals surface area (Å²) in [5.41, 5.74) is 1.23. The minimum absolute atomic E-state index is 0.233. The molecule has 1 aromatic heterocycles. The van der Waals surface area contributed by atoms with E-state index < -0.39 is 0 Å². The Morgan fingerprint density at radius 3 is 2.89 bits per heavy atom. The normalized spacial score (nSPS) is 12.6. The van der Waals surface area contributed by atoms with Gasteiger partial charge in [0.15, 0.2) is 0 Å². The van der Waals surface area contributed by atoms with E-state index in [9.17, 15) is 0 Å². The van der Waals surface area contributed by atoms with Gasteiger partial charge in [-0.25, -0.2) is 4.98 Å². The number of rotatable bonds is 5. The zero-order valence-electron chi connectivity index (χ0n) is 11.0. The summed E-state index contributed by atoms with van der Waals surface area (Å²) in [6.45, 7) is 3.03. The average molecular weight is 390 g/mol. The maximum atomic E-state index is 6.12. The minimum atomic E-state index is 0.233. The Morgan fingerprint density at radius 1 is 1.47 bits per heavy atom. The standard InChI is InChI=1S/C14H17ClIN3/c1-3-17-13(9-14-18-6-7-19(14)2)11-8-10(15)4-5-12(11)16/h4-8,13,17H,3,9H2,1-2H3. The van der Waals surface area contributed by atoms with Crippen LogP contribution in [-0.2, 0) is 13.5 Å². The third-order valence-electron chi connectivity index (χ3n) is 3.09. The van der Waals surface area contributed by atoms with Gasteiger partial charge in [0.25, 0.3) is 0 Å². The zero-order chi connectivity index (χ0) is 13.8. The van der Waals surface area contributed by atoms with Gasteiger partial charge in [-0.15, -0.1) is 0 Å². The molecular formula is C14H17ClIN3. The molecule has 0 radical (unpaired) electrons.